The van der Waals surface area contributed by atoms with Crippen LogP contribution in [0.1, 0.15) is 12.8 Å². The molecule has 1 atom stereocenters. The van der Waals surface area contributed by atoms with Crippen molar-refractivity contribution in [3.63, 3.8) is 0 Å². The Morgan fingerprint density at radius 1 is 1.12 bits per heavy atom. The zero-order chi connectivity index (χ0) is 16.9. The Bertz CT molecular complexity index is 634. The first-order valence-corrected chi connectivity index (χ1v) is 8.23. The summed E-state index contributed by atoms with van der Waals surface area (Å²) in [5.74, 6) is 1.96. The molecule has 1 N–H and O–H groups in total. The van der Waals surface area contributed by atoms with Crippen molar-refractivity contribution in [1.82, 2.24) is 20.0 Å². The quantitative estimate of drug-likeness (QED) is 0.853. The lowest BCUT2D eigenvalue weighted by atomic mass is 10.2. The molecule has 2 aromatic rings. The molecule has 1 fully saturated rings. The van der Waals surface area contributed by atoms with E-state index in [1.807, 2.05) is 31.2 Å². The van der Waals surface area contributed by atoms with E-state index in [0.717, 1.165) is 44.0 Å². The highest BCUT2D eigenvalue weighted by molar-refractivity contribution is 5.53. The smallest absolute Gasteiger partial charge is 0.247 e. The molecule has 1 aromatic heterocycles. The van der Waals surface area contributed by atoms with E-state index in [1.54, 1.807) is 7.11 Å². The molecule has 130 valence electrons. The van der Waals surface area contributed by atoms with E-state index in [-0.39, 0.29) is 6.10 Å². The van der Waals surface area contributed by atoms with Crippen molar-refractivity contribution in [2.75, 3.05) is 39.8 Å². The number of benzene rings is 1. The second kappa shape index (κ2) is 7.74. The number of hydrogen-bond acceptors (Lipinski definition) is 7. The average molecular weight is 332 g/mol. The first kappa shape index (κ1) is 16.9. The summed E-state index contributed by atoms with van der Waals surface area (Å²) in [6, 6.07) is 7.57. The van der Waals surface area contributed by atoms with Crippen LogP contribution < -0.4 is 4.74 Å². The summed E-state index contributed by atoms with van der Waals surface area (Å²) < 4.78 is 10.9. The van der Waals surface area contributed by atoms with Crippen molar-refractivity contribution in [2.45, 2.75) is 19.6 Å². The lowest BCUT2D eigenvalue weighted by Gasteiger charge is -2.34. The Kier molecular flexibility index (Phi) is 5.44. The number of nitrogens with zero attached hydrogens (tertiary/aromatic N) is 4. The number of aliphatic hydroxyl groups is 1. The van der Waals surface area contributed by atoms with Crippen LogP contribution in [0.25, 0.3) is 11.5 Å². The van der Waals surface area contributed by atoms with Crippen LogP contribution in [0.2, 0.25) is 0 Å². The number of hydrogen-bond donors (Lipinski definition) is 1. The molecule has 24 heavy (non-hydrogen) atoms. The van der Waals surface area contributed by atoms with Crippen molar-refractivity contribution >= 4 is 0 Å². The van der Waals surface area contributed by atoms with Crippen LogP contribution in [0.5, 0.6) is 5.75 Å². The molecule has 7 nitrogen and oxygen atoms in total. The van der Waals surface area contributed by atoms with E-state index in [0.29, 0.717) is 18.3 Å². The Morgan fingerprint density at radius 3 is 2.42 bits per heavy atom. The Hall–Kier alpha value is -1.96. The molecule has 0 amide bonds. The van der Waals surface area contributed by atoms with E-state index in [2.05, 4.69) is 20.0 Å². The van der Waals surface area contributed by atoms with Gasteiger partial charge in [0.2, 0.25) is 11.8 Å². The fourth-order valence-electron chi connectivity index (χ4n) is 2.86. The molecule has 1 aliphatic heterocycles. The second-order valence-electron chi connectivity index (χ2n) is 6.16. The third-order valence-electron chi connectivity index (χ3n) is 4.15. The van der Waals surface area contributed by atoms with Gasteiger partial charge in [-0.1, -0.05) is 0 Å². The molecule has 0 aliphatic carbocycles. The Balaban J connectivity index is 1.54. The number of methoxy groups -OCH3 is 1. The van der Waals surface area contributed by atoms with E-state index in [9.17, 15) is 5.11 Å². The minimum Gasteiger partial charge on any atom is -0.497 e. The molecule has 0 radical (unpaired) electrons. The van der Waals surface area contributed by atoms with E-state index in [1.165, 1.54) is 0 Å². The fraction of sp³-hybridized carbons (Fsp3) is 0.529. The van der Waals surface area contributed by atoms with Crippen LogP contribution in [-0.4, -0.2) is 71.0 Å². The molecule has 0 bridgehead atoms. The summed E-state index contributed by atoms with van der Waals surface area (Å²) in [5, 5.41) is 17.7. The van der Waals surface area contributed by atoms with Crippen LogP contribution in [0.15, 0.2) is 28.7 Å². The second-order valence-corrected chi connectivity index (χ2v) is 6.16. The van der Waals surface area contributed by atoms with Crippen molar-refractivity contribution < 1.29 is 14.3 Å². The third-order valence-corrected chi connectivity index (χ3v) is 4.15. The van der Waals surface area contributed by atoms with Gasteiger partial charge >= 0.3 is 0 Å². The van der Waals surface area contributed by atoms with Gasteiger partial charge in [-0.3, -0.25) is 9.80 Å². The number of piperazine rings is 1. The predicted molar refractivity (Wildman–Crippen MR) is 89.7 cm³/mol. The van der Waals surface area contributed by atoms with Crippen LogP contribution >= 0.6 is 0 Å². The Morgan fingerprint density at radius 2 is 1.79 bits per heavy atom. The predicted octanol–water partition coefficient (Wildman–Crippen LogP) is 1.24. The Labute approximate surface area is 141 Å². The van der Waals surface area contributed by atoms with Gasteiger partial charge in [0.25, 0.3) is 0 Å². The highest BCUT2D eigenvalue weighted by atomic mass is 16.5. The van der Waals surface area contributed by atoms with Crippen molar-refractivity contribution in [2.24, 2.45) is 0 Å². The van der Waals surface area contributed by atoms with E-state index in [4.69, 9.17) is 9.15 Å². The van der Waals surface area contributed by atoms with Gasteiger partial charge in [0.15, 0.2) is 0 Å². The molecule has 3 rings (SSSR count). The van der Waals surface area contributed by atoms with Crippen LogP contribution in [0.4, 0.5) is 0 Å². The lowest BCUT2D eigenvalue weighted by Crippen LogP contribution is -2.47. The molecular weight excluding hydrogens is 308 g/mol. The summed E-state index contributed by atoms with van der Waals surface area (Å²) in [4.78, 5) is 4.57. The zero-order valence-corrected chi connectivity index (χ0v) is 14.2. The molecule has 1 aromatic carbocycles. The molecule has 1 aliphatic rings. The number of β-amino-alcohol motifs (C(OH)–C–C–N with tert-alkyl or cyclic N) is 1. The molecule has 0 saturated carbocycles. The minimum absolute atomic E-state index is 0.278. The monoisotopic (exact) mass is 332 g/mol. The van der Waals surface area contributed by atoms with Gasteiger partial charge in [0.1, 0.15) is 5.75 Å². The lowest BCUT2D eigenvalue weighted by molar-refractivity contribution is 0.0747. The highest BCUT2D eigenvalue weighted by Crippen LogP contribution is 2.21. The normalized spacial score (nSPS) is 17.8. The third kappa shape index (κ3) is 4.31. The van der Waals surface area contributed by atoms with Gasteiger partial charge in [-0.15, -0.1) is 10.2 Å². The van der Waals surface area contributed by atoms with Crippen molar-refractivity contribution in [1.29, 1.82) is 0 Å². The summed E-state index contributed by atoms with van der Waals surface area (Å²) in [5.41, 5.74) is 0.885. The SMILES string of the molecule is COc1ccc(-c2nnc(CN3CCN(C[C@@H](C)O)CC3)o2)cc1. The summed E-state index contributed by atoms with van der Waals surface area (Å²) >= 11 is 0. The maximum atomic E-state index is 9.45. The zero-order valence-electron chi connectivity index (χ0n) is 14.2. The maximum absolute atomic E-state index is 9.45. The number of rotatable bonds is 6. The van der Waals surface area contributed by atoms with Crippen LogP contribution in [0.3, 0.4) is 0 Å². The minimum atomic E-state index is -0.278. The maximum Gasteiger partial charge on any atom is 0.247 e. The van der Waals surface area contributed by atoms with Gasteiger partial charge in [-0.05, 0) is 31.2 Å². The summed E-state index contributed by atoms with van der Waals surface area (Å²) in [7, 11) is 1.64. The van der Waals surface area contributed by atoms with E-state index >= 15 is 0 Å². The molecule has 2 heterocycles. The fourth-order valence-corrected chi connectivity index (χ4v) is 2.86. The van der Waals surface area contributed by atoms with Crippen molar-refractivity contribution in [3.8, 4) is 17.2 Å². The van der Waals surface area contributed by atoms with Gasteiger partial charge in [0.05, 0.1) is 19.8 Å². The summed E-state index contributed by atoms with van der Waals surface area (Å²) in [6.45, 7) is 6.99. The molecule has 1 saturated heterocycles. The number of aromatic nitrogens is 2. The van der Waals surface area contributed by atoms with Crippen molar-refractivity contribution in [3.05, 3.63) is 30.2 Å². The molecule has 0 unspecified atom stereocenters. The molecular formula is C17H24N4O3. The van der Waals surface area contributed by atoms with Crippen LogP contribution in [0, 0.1) is 0 Å². The standard InChI is InChI=1S/C17H24N4O3/c1-13(22)11-20-7-9-21(10-8-20)12-16-18-19-17(24-16)14-3-5-15(23-2)6-4-14/h3-6,13,22H,7-12H2,1-2H3/t13-/m1/s1. The van der Waals surface area contributed by atoms with E-state index < -0.39 is 0 Å². The largest absolute Gasteiger partial charge is 0.497 e. The summed E-state index contributed by atoms with van der Waals surface area (Å²) in [6.07, 6.45) is -0.278. The number of ether oxygens (including phenoxy) is 1. The topological polar surface area (TPSA) is 74.9 Å². The van der Waals surface area contributed by atoms with Gasteiger partial charge < -0.3 is 14.3 Å². The molecule has 7 heteroatoms. The molecule has 0 spiro atoms. The highest BCUT2D eigenvalue weighted by Gasteiger charge is 2.20. The van der Waals surface area contributed by atoms with Gasteiger partial charge in [0, 0.05) is 38.3 Å². The first-order chi connectivity index (χ1) is 11.6. The van der Waals surface area contributed by atoms with Crippen LogP contribution in [-0.2, 0) is 6.54 Å². The average Bonchev–Trinajstić information content (AvgIpc) is 3.05. The number of aliphatic hydroxyl groups excluding tert-OH is 1. The van der Waals surface area contributed by atoms with Gasteiger partial charge in [-0.2, -0.15) is 0 Å². The first-order valence-electron chi connectivity index (χ1n) is 8.23. The van der Waals surface area contributed by atoms with Gasteiger partial charge in [-0.25, -0.2) is 0 Å².